The van der Waals surface area contributed by atoms with Gasteiger partial charge in [0.15, 0.2) is 0 Å². The first-order valence-electron chi connectivity index (χ1n) is 6.89. The summed E-state index contributed by atoms with van der Waals surface area (Å²) in [5.74, 6) is 0.553. The molecule has 0 bridgehead atoms. The molecule has 3 rings (SSSR count). The van der Waals surface area contributed by atoms with Crippen molar-refractivity contribution in [1.82, 2.24) is 9.55 Å². The lowest BCUT2D eigenvalue weighted by Crippen LogP contribution is -2.05. The van der Waals surface area contributed by atoms with Gasteiger partial charge in [-0.05, 0) is 29.8 Å². The Morgan fingerprint density at radius 3 is 2.68 bits per heavy atom. The molecule has 3 aromatic rings. The highest BCUT2D eigenvalue weighted by atomic mass is 79.9. The lowest BCUT2D eigenvalue weighted by atomic mass is 10.2. The second-order valence-electron chi connectivity index (χ2n) is 5.02. The van der Waals surface area contributed by atoms with E-state index in [0.717, 1.165) is 27.2 Å². The Morgan fingerprint density at radius 2 is 1.95 bits per heavy atom. The van der Waals surface area contributed by atoms with Crippen LogP contribution in [0.2, 0.25) is 0 Å². The van der Waals surface area contributed by atoms with Crippen LogP contribution in [0.5, 0.6) is 0 Å². The zero-order chi connectivity index (χ0) is 15.5. The van der Waals surface area contributed by atoms with Gasteiger partial charge in [0.2, 0.25) is 5.95 Å². The molecule has 0 fully saturated rings. The van der Waals surface area contributed by atoms with Crippen LogP contribution in [0, 0.1) is 5.82 Å². The monoisotopic (exact) mass is 359 g/mol. The molecule has 0 amide bonds. The molecule has 0 saturated carbocycles. The van der Waals surface area contributed by atoms with Crippen molar-refractivity contribution in [3.63, 3.8) is 0 Å². The molecule has 0 saturated heterocycles. The third kappa shape index (κ3) is 3.20. The van der Waals surface area contributed by atoms with Crippen molar-refractivity contribution in [2.45, 2.75) is 6.54 Å². The molecule has 0 spiro atoms. The molecule has 0 radical (unpaired) electrons. The minimum Gasteiger partial charge on any atom is -0.352 e. The number of halogens is 2. The van der Waals surface area contributed by atoms with E-state index < -0.39 is 0 Å². The van der Waals surface area contributed by atoms with Crippen molar-refractivity contribution in [2.75, 3.05) is 5.32 Å². The highest BCUT2D eigenvalue weighted by Gasteiger charge is 2.08. The maximum atomic E-state index is 12.9. The van der Waals surface area contributed by atoms with Gasteiger partial charge >= 0.3 is 0 Å². The second kappa shape index (κ2) is 6.32. The summed E-state index contributed by atoms with van der Waals surface area (Å²) >= 11 is 3.48. The van der Waals surface area contributed by atoms with Crippen LogP contribution in [-0.4, -0.2) is 9.55 Å². The maximum absolute atomic E-state index is 12.9. The van der Waals surface area contributed by atoms with Gasteiger partial charge < -0.3 is 9.88 Å². The van der Waals surface area contributed by atoms with Crippen molar-refractivity contribution in [3.8, 4) is 11.3 Å². The largest absolute Gasteiger partial charge is 0.352 e. The summed E-state index contributed by atoms with van der Waals surface area (Å²) < 4.78 is 15.9. The topological polar surface area (TPSA) is 29.9 Å². The quantitative estimate of drug-likeness (QED) is 0.737. The molecule has 1 heterocycles. The molecule has 5 heteroatoms. The molecule has 22 heavy (non-hydrogen) atoms. The summed E-state index contributed by atoms with van der Waals surface area (Å²) in [5, 5.41) is 3.27. The summed E-state index contributed by atoms with van der Waals surface area (Å²) in [6.45, 7) is 0.600. The van der Waals surface area contributed by atoms with Gasteiger partial charge in [0.1, 0.15) is 5.82 Å². The van der Waals surface area contributed by atoms with E-state index in [9.17, 15) is 4.39 Å². The van der Waals surface area contributed by atoms with E-state index in [0.29, 0.717) is 6.54 Å². The van der Waals surface area contributed by atoms with Crippen LogP contribution in [0.3, 0.4) is 0 Å². The molecule has 0 aliphatic carbocycles. The van der Waals surface area contributed by atoms with Crippen molar-refractivity contribution < 1.29 is 4.39 Å². The third-order valence-electron chi connectivity index (χ3n) is 3.47. The third-order valence-corrected chi connectivity index (χ3v) is 3.97. The average molecular weight is 360 g/mol. The van der Waals surface area contributed by atoms with Crippen molar-refractivity contribution in [3.05, 3.63) is 70.6 Å². The average Bonchev–Trinajstić information content (AvgIpc) is 2.88. The molecule has 112 valence electrons. The fourth-order valence-electron chi connectivity index (χ4n) is 2.27. The number of rotatable bonds is 4. The summed E-state index contributed by atoms with van der Waals surface area (Å²) in [4.78, 5) is 4.42. The molecule has 0 aliphatic heterocycles. The Hall–Kier alpha value is -2.14. The standard InChI is InChI=1S/C17H15BrFN3/c1-22-16(13-3-2-4-14(18)9-13)11-21-17(22)20-10-12-5-7-15(19)8-6-12/h2-9,11H,10H2,1H3,(H,20,21). The molecule has 3 nitrogen and oxygen atoms in total. The molecule has 1 N–H and O–H groups in total. The Kier molecular flexibility index (Phi) is 4.24. The van der Waals surface area contributed by atoms with Gasteiger partial charge in [-0.15, -0.1) is 0 Å². The first kappa shape index (κ1) is 14.8. The van der Waals surface area contributed by atoms with Crippen LogP contribution >= 0.6 is 15.9 Å². The van der Waals surface area contributed by atoms with E-state index in [4.69, 9.17) is 0 Å². The number of aromatic nitrogens is 2. The highest BCUT2D eigenvalue weighted by molar-refractivity contribution is 9.10. The predicted molar refractivity (Wildman–Crippen MR) is 90.1 cm³/mol. The summed E-state index contributed by atoms with van der Waals surface area (Å²) in [5.41, 5.74) is 3.13. The number of imidazole rings is 1. The van der Waals surface area contributed by atoms with Crippen LogP contribution in [0.25, 0.3) is 11.3 Å². The summed E-state index contributed by atoms with van der Waals surface area (Å²) in [7, 11) is 1.97. The fourth-order valence-corrected chi connectivity index (χ4v) is 2.67. The molecule has 2 aromatic carbocycles. The van der Waals surface area contributed by atoms with E-state index in [1.165, 1.54) is 12.1 Å². The first-order chi connectivity index (χ1) is 10.6. The Labute approximate surface area is 136 Å². The Balaban J connectivity index is 1.77. The second-order valence-corrected chi connectivity index (χ2v) is 5.93. The number of nitrogens with zero attached hydrogens (tertiary/aromatic N) is 2. The van der Waals surface area contributed by atoms with Crippen LogP contribution in [-0.2, 0) is 13.6 Å². The van der Waals surface area contributed by atoms with Gasteiger partial charge in [-0.3, -0.25) is 0 Å². The number of benzene rings is 2. The van der Waals surface area contributed by atoms with E-state index in [1.807, 2.05) is 36.0 Å². The predicted octanol–water partition coefficient (Wildman–Crippen LogP) is 4.60. The lowest BCUT2D eigenvalue weighted by Gasteiger charge is -2.09. The molecule has 1 aromatic heterocycles. The minimum absolute atomic E-state index is 0.224. The van der Waals surface area contributed by atoms with Crippen LogP contribution in [0.4, 0.5) is 10.3 Å². The zero-order valence-electron chi connectivity index (χ0n) is 12.1. The fraction of sp³-hybridized carbons (Fsp3) is 0.118. The van der Waals surface area contributed by atoms with E-state index in [-0.39, 0.29) is 5.82 Å². The van der Waals surface area contributed by atoms with Gasteiger partial charge in [0.25, 0.3) is 0 Å². The molecule has 0 aliphatic rings. The van der Waals surface area contributed by atoms with Crippen LogP contribution in [0.15, 0.2) is 59.2 Å². The van der Waals surface area contributed by atoms with Crippen molar-refractivity contribution in [2.24, 2.45) is 7.05 Å². The first-order valence-corrected chi connectivity index (χ1v) is 7.69. The maximum Gasteiger partial charge on any atom is 0.203 e. The molecule has 0 unspecified atom stereocenters. The molecule has 0 atom stereocenters. The zero-order valence-corrected chi connectivity index (χ0v) is 13.6. The normalized spacial score (nSPS) is 10.7. The van der Waals surface area contributed by atoms with E-state index in [2.05, 4.69) is 32.3 Å². The summed E-state index contributed by atoms with van der Waals surface area (Å²) in [6, 6.07) is 14.5. The number of nitrogens with one attached hydrogen (secondary N) is 1. The number of hydrogen-bond acceptors (Lipinski definition) is 2. The highest BCUT2D eigenvalue weighted by Crippen LogP contribution is 2.24. The van der Waals surface area contributed by atoms with Crippen LogP contribution in [0.1, 0.15) is 5.56 Å². The minimum atomic E-state index is -0.224. The lowest BCUT2D eigenvalue weighted by molar-refractivity contribution is 0.627. The van der Waals surface area contributed by atoms with Gasteiger partial charge in [0.05, 0.1) is 11.9 Å². The number of hydrogen-bond donors (Lipinski definition) is 1. The van der Waals surface area contributed by atoms with Gasteiger partial charge in [-0.1, -0.05) is 40.2 Å². The molecular weight excluding hydrogens is 345 g/mol. The van der Waals surface area contributed by atoms with E-state index in [1.54, 1.807) is 12.1 Å². The molecular formula is C17H15BrFN3. The van der Waals surface area contributed by atoms with Gasteiger partial charge in [-0.25, -0.2) is 9.37 Å². The summed E-state index contributed by atoms with van der Waals surface area (Å²) in [6.07, 6.45) is 1.84. The van der Waals surface area contributed by atoms with Gasteiger partial charge in [-0.2, -0.15) is 0 Å². The Morgan fingerprint density at radius 1 is 1.18 bits per heavy atom. The van der Waals surface area contributed by atoms with Gasteiger partial charge in [0, 0.05) is 23.6 Å². The smallest absolute Gasteiger partial charge is 0.203 e. The Bertz CT molecular complexity index is 781. The van der Waals surface area contributed by atoms with Crippen molar-refractivity contribution >= 4 is 21.9 Å². The SMILES string of the molecule is Cn1c(-c2cccc(Br)c2)cnc1NCc1ccc(F)cc1. The van der Waals surface area contributed by atoms with E-state index >= 15 is 0 Å². The number of anilines is 1. The van der Waals surface area contributed by atoms with Crippen LogP contribution < -0.4 is 5.32 Å². The van der Waals surface area contributed by atoms with Crippen molar-refractivity contribution in [1.29, 1.82) is 0 Å².